The molecule has 0 N–H and O–H groups in total. The molecule has 196 valence electrons. The second-order valence-corrected chi connectivity index (χ2v) is 9.16. The van der Waals surface area contributed by atoms with Crippen LogP contribution in [0.5, 0.6) is 11.5 Å². The highest BCUT2D eigenvalue weighted by atomic mass is 32.2. The molecule has 0 unspecified atom stereocenters. The molecule has 1 fully saturated rings. The van der Waals surface area contributed by atoms with Gasteiger partial charge in [0.05, 0.1) is 29.4 Å². The van der Waals surface area contributed by atoms with Crippen LogP contribution in [0.25, 0.3) is 6.08 Å². The number of carbonyl (C=O) groups excluding carboxylic acids is 2. The lowest BCUT2D eigenvalue weighted by atomic mass is 10.1. The van der Waals surface area contributed by atoms with Gasteiger partial charge < -0.3 is 14.2 Å². The summed E-state index contributed by atoms with van der Waals surface area (Å²) in [5.41, 5.74) is 2.23. The zero-order chi connectivity index (χ0) is 27.1. The molecule has 0 bridgehead atoms. The van der Waals surface area contributed by atoms with Gasteiger partial charge in [-0.05, 0) is 79.7 Å². The van der Waals surface area contributed by atoms with E-state index in [1.54, 1.807) is 74.6 Å². The third-order valence-electron chi connectivity index (χ3n) is 5.51. The number of esters is 1. The molecule has 1 aliphatic rings. The first-order valence-corrected chi connectivity index (χ1v) is 12.9. The quantitative estimate of drug-likeness (QED) is 0.240. The molecular formula is C29H27FN2O5S. The molecule has 1 heterocycles. The van der Waals surface area contributed by atoms with Crippen molar-refractivity contribution in [3.63, 3.8) is 0 Å². The Morgan fingerprint density at radius 2 is 1.76 bits per heavy atom. The normalized spacial score (nSPS) is 15.3. The number of benzene rings is 3. The van der Waals surface area contributed by atoms with Gasteiger partial charge in [-0.2, -0.15) is 0 Å². The van der Waals surface area contributed by atoms with Crippen LogP contribution < -0.4 is 9.47 Å². The molecular weight excluding hydrogens is 507 g/mol. The zero-order valence-electron chi connectivity index (χ0n) is 21.3. The summed E-state index contributed by atoms with van der Waals surface area (Å²) in [5, 5.41) is 0.514. The second-order valence-electron chi connectivity index (χ2n) is 8.16. The first kappa shape index (κ1) is 26.9. The molecule has 38 heavy (non-hydrogen) atoms. The summed E-state index contributed by atoms with van der Waals surface area (Å²) < 4.78 is 30.5. The number of aliphatic imine (C=N–C) groups is 1. The number of hydrogen-bond donors (Lipinski definition) is 0. The number of carbonyl (C=O) groups is 2. The van der Waals surface area contributed by atoms with Gasteiger partial charge in [-0.25, -0.2) is 14.2 Å². The lowest BCUT2D eigenvalue weighted by Gasteiger charge is -2.13. The summed E-state index contributed by atoms with van der Waals surface area (Å²) in [6.07, 6.45) is 1.76. The van der Waals surface area contributed by atoms with Crippen LogP contribution in [0.4, 0.5) is 10.1 Å². The number of hydrogen-bond acceptors (Lipinski definition) is 7. The minimum atomic E-state index is -0.394. The predicted molar refractivity (Wildman–Crippen MR) is 146 cm³/mol. The van der Waals surface area contributed by atoms with Crippen LogP contribution in [-0.4, -0.2) is 42.2 Å². The fourth-order valence-electron chi connectivity index (χ4n) is 3.57. The number of ether oxygens (including phenoxy) is 3. The van der Waals surface area contributed by atoms with Crippen molar-refractivity contribution < 1.29 is 28.2 Å². The third kappa shape index (κ3) is 6.41. The van der Waals surface area contributed by atoms with Crippen molar-refractivity contribution in [1.29, 1.82) is 0 Å². The Hall–Kier alpha value is -4.11. The number of rotatable bonds is 9. The molecule has 0 aromatic heterocycles. The smallest absolute Gasteiger partial charge is 0.338 e. The van der Waals surface area contributed by atoms with Gasteiger partial charge in [-0.15, -0.1) is 0 Å². The van der Waals surface area contributed by atoms with Crippen molar-refractivity contribution in [1.82, 2.24) is 4.90 Å². The number of amides is 1. The topological polar surface area (TPSA) is 77.4 Å². The Bertz CT molecular complexity index is 1390. The molecule has 0 atom stereocenters. The molecule has 4 rings (SSSR count). The summed E-state index contributed by atoms with van der Waals surface area (Å²) in [4.78, 5) is 31.3. The summed E-state index contributed by atoms with van der Waals surface area (Å²) >= 11 is 1.25. The largest absolute Gasteiger partial charge is 0.490 e. The average Bonchev–Trinajstić information content (AvgIpc) is 3.17. The van der Waals surface area contributed by atoms with E-state index in [1.165, 1.54) is 22.7 Å². The maximum absolute atomic E-state index is 14.0. The number of thioether (sulfide) groups is 1. The Labute approximate surface area is 224 Å². The monoisotopic (exact) mass is 534 g/mol. The van der Waals surface area contributed by atoms with E-state index in [4.69, 9.17) is 14.2 Å². The molecule has 0 radical (unpaired) electrons. The maximum Gasteiger partial charge on any atom is 0.338 e. The van der Waals surface area contributed by atoms with Gasteiger partial charge in [0.25, 0.3) is 5.91 Å². The highest BCUT2D eigenvalue weighted by Gasteiger charge is 2.30. The van der Waals surface area contributed by atoms with E-state index in [9.17, 15) is 14.0 Å². The summed E-state index contributed by atoms with van der Waals surface area (Å²) in [7, 11) is 1.66. The van der Waals surface area contributed by atoms with Crippen molar-refractivity contribution in [3.8, 4) is 11.5 Å². The summed E-state index contributed by atoms with van der Waals surface area (Å²) in [6.45, 7) is 4.39. The van der Waals surface area contributed by atoms with Crippen LogP contribution in [0, 0.1) is 5.82 Å². The van der Waals surface area contributed by atoms with Crippen molar-refractivity contribution in [2.75, 3.05) is 20.3 Å². The van der Waals surface area contributed by atoms with Crippen LogP contribution >= 0.6 is 11.8 Å². The van der Waals surface area contributed by atoms with Gasteiger partial charge in [0, 0.05) is 12.6 Å². The van der Waals surface area contributed by atoms with Crippen molar-refractivity contribution in [2.45, 2.75) is 20.5 Å². The summed E-state index contributed by atoms with van der Waals surface area (Å²) in [5.74, 6) is 0.0650. The standard InChI is InChI=1S/C29H27FN2O5S/c1-4-35-25-16-19(10-15-24(25)37-18-21-8-6-7-9-23(21)30)17-26-27(33)32(3)29(38-26)31-22-13-11-20(12-14-22)28(34)36-5-2/h6-17H,4-5,18H2,1-3H3. The van der Waals surface area contributed by atoms with E-state index >= 15 is 0 Å². The first-order chi connectivity index (χ1) is 18.4. The lowest BCUT2D eigenvalue weighted by Crippen LogP contribution is -2.23. The Morgan fingerprint density at radius 3 is 2.47 bits per heavy atom. The molecule has 1 amide bonds. The average molecular weight is 535 g/mol. The maximum atomic E-state index is 14.0. The van der Waals surface area contributed by atoms with Gasteiger partial charge in [0.2, 0.25) is 0 Å². The summed E-state index contributed by atoms with van der Waals surface area (Å²) in [6, 6.07) is 18.5. The Balaban J connectivity index is 1.51. The van der Waals surface area contributed by atoms with Gasteiger partial charge in [-0.3, -0.25) is 9.69 Å². The molecule has 9 heteroatoms. The zero-order valence-corrected chi connectivity index (χ0v) is 22.1. The lowest BCUT2D eigenvalue weighted by molar-refractivity contribution is -0.121. The molecule has 1 saturated heterocycles. The second kappa shape index (κ2) is 12.4. The molecule has 3 aromatic rings. The van der Waals surface area contributed by atoms with E-state index in [0.717, 1.165) is 5.56 Å². The van der Waals surface area contributed by atoms with Crippen LogP contribution in [0.15, 0.2) is 76.6 Å². The Kier molecular flexibility index (Phi) is 8.81. The van der Waals surface area contributed by atoms with Crippen LogP contribution in [0.1, 0.15) is 35.3 Å². The van der Waals surface area contributed by atoms with E-state index in [1.807, 2.05) is 13.0 Å². The van der Waals surface area contributed by atoms with Gasteiger partial charge in [-0.1, -0.05) is 24.3 Å². The van der Waals surface area contributed by atoms with Gasteiger partial charge >= 0.3 is 5.97 Å². The fraction of sp³-hybridized carbons (Fsp3) is 0.207. The number of likely N-dealkylation sites (N-methyl/N-ethyl adjacent to an activating group) is 1. The number of halogens is 1. The molecule has 0 spiro atoms. The highest BCUT2D eigenvalue weighted by Crippen LogP contribution is 2.35. The minimum Gasteiger partial charge on any atom is -0.490 e. The van der Waals surface area contributed by atoms with Crippen molar-refractivity contribution in [3.05, 3.63) is 94.1 Å². The SMILES string of the molecule is CCOC(=O)c1ccc(N=C2SC(=Cc3ccc(OCc4ccccc4F)c(OCC)c3)C(=O)N2C)cc1. The fourth-order valence-corrected chi connectivity index (χ4v) is 4.56. The van der Waals surface area contributed by atoms with E-state index in [0.29, 0.717) is 51.6 Å². The van der Waals surface area contributed by atoms with Crippen molar-refractivity contribution in [2.24, 2.45) is 4.99 Å². The number of amidine groups is 1. The van der Waals surface area contributed by atoms with E-state index in [-0.39, 0.29) is 18.3 Å². The van der Waals surface area contributed by atoms with E-state index in [2.05, 4.69) is 4.99 Å². The van der Waals surface area contributed by atoms with Gasteiger partial charge in [0.15, 0.2) is 16.7 Å². The molecule has 0 aliphatic carbocycles. The number of nitrogens with zero attached hydrogens (tertiary/aromatic N) is 2. The van der Waals surface area contributed by atoms with E-state index < -0.39 is 5.97 Å². The van der Waals surface area contributed by atoms with Crippen LogP contribution in [-0.2, 0) is 16.1 Å². The molecule has 1 aliphatic heterocycles. The Morgan fingerprint density at radius 1 is 1.00 bits per heavy atom. The molecule has 0 saturated carbocycles. The predicted octanol–water partition coefficient (Wildman–Crippen LogP) is 6.21. The molecule has 7 nitrogen and oxygen atoms in total. The van der Waals surface area contributed by atoms with Crippen LogP contribution in [0.3, 0.4) is 0 Å². The third-order valence-corrected chi connectivity index (χ3v) is 6.57. The molecule has 3 aromatic carbocycles. The minimum absolute atomic E-state index is 0.0624. The van der Waals surface area contributed by atoms with Crippen molar-refractivity contribution >= 4 is 40.6 Å². The first-order valence-electron chi connectivity index (χ1n) is 12.1. The van der Waals surface area contributed by atoms with Gasteiger partial charge in [0.1, 0.15) is 12.4 Å². The highest BCUT2D eigenvalue weighted by molar-refractivity contribution is 8.18. The van der Waals surface area contributed by atoms with Crippen LogP contribution in [0.2, 0.25) is 0 Å².